The number of benzene rings is 2. The molecule has 2 amide bonds. The van der Waals surface area contributed by atoms with E-state index in [-0.39, 0.29) is 11.8 Å². The molecule has 6 heteroatoms. The number of rotatable bonds is 7. The van der Waals surface area contributed by atoms with E-state index >= 15 is 0 Å². The van der Waals surface area contributed by atoms with E-state index in [9.17, 15) is 9.59 Å². The fourth-order valence-electron chi connectivity index (χ4n) is 2.35. The van der Waals surface area contributed by atoms with Crippen molar-refractivity contribution < 1.29 is 9.59 Å². The lowest BCUT2D eigenvalue weighted by atomic mass is 10.1. The molecule has 0 fully saturated rings. The van der Waals surface area contributed by atoms with Gasteiger partial charge >= 0.3 is 0 Å². The molecule has 0 aliphatic rings. The van der Waals surface area contributed by atoms with Crippen LogP contribution in [0.15, 0.2) is 48.5 Å². The summed E-state index contributed by atoms with van der Waals surface area (Å²) in [6.07, 6.45) is 0. The molecular weight excluding hydrogens is 338 g/mol. The molecule has 0 saturated heterocycles. The number of carbonyl (C=O) groups is 2. The molecule has 0 heterocycles. The van der Waals surface area contributed by atoms with Gasteiger partial charge in [-0.3, -0.25) is 9.59 Å². The Kier molecular flexibility index (Phi) is 6.98. The van der Waals surface area contributed by atoms with E-state index in [0.717, 1.165) is 11.1 Å². The molecule has 3 N–H and O–H groups in total. The minimum absolute atomic E-state index is 0.100. The van der Waals surface area contributed by atoms with Gasteiger partial charge in [-0.05, 0) is 30.2 Å². The van der Waals surface area contributed by atoms with Gasteiger partial charge in [0.2, 0.25) is 11.8 Å². The summed E-state index contributed by atoms with van der Waals surface area (Å²) in [4.78, 5) is 23.7. The summed E-state index contributed by atoms with van der Waals surface area (Å²) in [6.45, 7) is 4.29. The number of hydrogen-bond acceptors (Lipinski definition) is 3. The summed E-state index contributed by atoms with van der Waals surface area (Å²) in [5.74, 6) is -0.286. The predicted molar refractivity (Wildman–Crippen MR) is 101 cm³/mol. The van der Waals surface area contributed by atoms with E-state index in [0.29, 0.717) is 23.8 Å². The maximum atomic E-state index is 12.7. The first-order chi connectivity index (χ1) is 12.0. The summed E-state index contributed by atoms with van der Waals surface area (Å²) >= 11 is 6.12. The Morgan fingerprint density at radius 2 is 1.80 bits per heavy atom. The third kappa shape index (κ3) is 5.89. The van der Waals surface area contributed by atoms with Gasteiger partial charge in [-0.25, -0.2) is 0 Å². The van der Waals surface area contributed by atoms with Crippen molar-refractivity contribution in [3.05, 3.63) is 64.7 Å². The SMILES string of the molecule is CC(=O)NCCN[C@H](C(=O)Nc1ccc(C)c(Cl)c1)c1ccccc1. The van der Waals surface area contributed by atoms with Crippen LogP contribution in [0.1, 0.15) is 24.1 Å². The fraction of sp³-hybridized carbons (Fsp3) is 0.263. The Hall–Kier alpha value is -2.37. The molecule has 2 aromatic rings. The molecule has 132 valence electrons. The van der Waals surface area contributed by atoms with Crippen molar-refractivity contribution in [2.24, 2.45) is 0 Å². The molecule has 0 saturated carbocycles. The predicted octanol–water partition coefficient (Wildman–Crippen LogP) is 3.05. The summed E-state index contributed by atoms with van der Waals surface area (Å²) < 4.78 is 0. The number of anilines is 1. The topological polar surface area (TPSA) is 70.2 Å². The summed E-state index contributed by atoms with van der Waals surface area (Å²) in [7, 11) is 0. The first-order valence-electron chi connectivity index (χ1n) is 8.07. The van der Waals surface area contributed by atoms with E-state index in [1.165, 1.54) is 6.92 Å². The molecule has 25 heavy (non-hydrogen) atoms. The Bertz CT molecular complexity index is 735. The molecule has 0 unspecified atom stereocenters. The highest BCUT2D eigenvalue weighted by molar-refractivity contribution is 6.31. The van der Waals surface area contributed by atoms with Gasteiger partial charge < -0.3 is 16.0 Å². The average molecular weight is 360 g/mol. The van der Waals surface area contributed by atoms with Crippen molar-refractivity contribution in [2.75, 3.05) is 18.4 Å². The number of halogens is 1. The summed E-state index contributed by atoms with van der Waals surface area (Å²) in [5, 5.41) is 9.37. The summed E-state index contributed by atoms with van der Waals surface area (Å²) in [6, 6.07) is 14.3. The van der Waals surface area contributed by atoms with Gasteiger partial charge in [0.1, 0.15) is 6.04 Å². The van der Waals surface area contributed by atoms with Gasteiger partial charge in [-0.1, -0.05) is 48.0 Å². The maximum Gasteiger partial charge on any atom is 0.246 e. The highest BCUT2D eigenvalue weighted by Gasteiger charge is 2.20. The molecule has 0 radical (unpaired) electrons. The molecule has 5 nitrogen and oxygen atoms in total. The molecule has 0 bridgehead atoms. The van der Waals surface area contributed by atoms with E-state index in [1.54, 1.807) is 6.07 Å². The molecule has 0 aromatic heterocycles. The number of amides is 2. The van der Waals surface area contributed by atoms with Crippen LogP contribution in [0.4, 0.5) is 5.69 Å². The molecule has 0 spiro atoms. The normalized spacial score (nSPS) is 11.6. The fourth-order valence-corrected chi connectivity index (χ4v) is 2.53. The second-order valence-electron chi connectivity index (χ2n) is 5.73. The molecule has 2 aromatic carbocycles. The van der Waals surface area contributed by atoms with Gasteiger partial charge in [0.15, 0.2) is 0 Å². The lowest BCUT2D eigenvalue weighted by Gasteiger charge is -2.19. The summed E-state index contributed by atoms with van der Waals surface area (Å²) in [5.41, 5.74) is 2.44. The van der Waals surface area contributed by atoms with Gasteiger partial charge in [0.25, 0.3) is 0 Å². The van der Waals surface area contributed by atoms with E-state index in [2.05, 4.69) is 16.0 Å². The van der Waals surface area contributed by atoms with Crippen LogP contribution >= 0.6 is 11.6 Å². The van der Waals surface area contributed by atoms with E-state index in [4.69, 9.17) is 11.6 Å². The van der Waals surface area contributed by atoms with E-state index in [1.807, 2.05) is 49.4 Å². The maximum absolute atomic E-state index is 12.7. The zero-order valence-corrected chi connectivity index (χ0v) is 15.1. The largest absolute Gasteiger partial charge is 0.355 e. The second kappa shape index (κ2) is 9.20. The van der Waals surface area contributed by atoms with E-state index < -0.39 is 6.04 Å². The first kappa shape index (κ1) is 19.0. The third-order valence-corrected chi connectivity index (χ3v) is 4.09. The lowest BCUT2D eigenvalue weighted by molar-refractivity contribution is -0.119. The van der Waals surface area contributed by atoms with Crippen LogP contribution in [0, 0.1) is 6.92 Å². The number of nitrogens with one attached hydrogen (secondary N) is 3. The number of hydrogen-bond donors (Lipinski definition) is 3. The van der Waals surface area contributed by atoms with Crippen molar-refractivity contribution in [1.82, 2.24) is 10.6 Å². The van der Waals surface area contributed by atoms with Crippen molar-refractivity contribution in [1.29, 1.82) is 0 Å². The first-order valence-corrected chi connectivity index (χ1v) is 8.45. The highest BCUT2D eigenvalue weighted by Crippen LogP contribution is 2.21. The van der Waals surface area contributed by atoms with Crippen LogP contribution in [0.5, 0.6) is 0 Å². The average Bonchev–Trinajstić information content (AvgIpc) is 2.58. The Labute approximate surface area is 152 Å². The zero-order chi connectivity index (χ0) is 18.2. The lowest BCUT2D eigenvalue weighted by Crippen LogP contribution is -2.37. The molecule has 1 atom stereocenters. The third-order valence-electron chi connectivity index (χ3n) is 3.68. The quantitative estimate of drug-likeness (QED) is 0.665. The molecule has 0 aliphatic carbocycles. The minimum atomic E-state index is -0.532. The van der Waals surface area contributed by atoms with Crippen molar-refractivity contribution in [2.45, 2.75) is 19.9 Å². The highest BCUT2D eigenvalue weighted by atomic mass is 35.5. The van der Waals surface area contributed by atoms with Gasteiger partial charge in [0, 0.05) is 30.7 Å². The second-order valence-corrected chi connectivity index (χ2v) is 6.14. The van der Waals surface area contributed by atoms with Gasteiger partial charge in [-0.2, -0.15) is 0 Å². The molecule has 2 rings (SSSR count). The van der Waals surface area contributed by atoms with Crippen LogP contribution in [-0.2, 0) is 9.59 Å². The monoisotopic (exact) mass is 359 g/mol. The number of aryl methyl sites for hydroxylation is 1. The Morgan fingerprint density at radius 1 is 1.08 bits per heavy atom. The van der Waals surface area contributed by atoms with Crippen molar-refractivity contribution >= 4 is 29.1 Å². The van der Waals surface area contributed by atoms with Crippen LogP contribution in [0.25, 0.3) is 0 Å². The van der Waals surface area contributed by atoms with Crippen LogP contribution < -0.4 is 16.0 Å². The van der Waals surface area contributed by atoms with Gasteiger partial charge in [-0.15, -0.1) is 0 Å². The Morgan fingerprint density at radius 3 is 2.44 bits per heavy atom. The van der Waals surface area contributed by atoms with Crippen LogP contribution in [0.3, 0.4) is 0 Å². The smallest absolute Gasteiger partial charge is 0.246 e. The van der Waals surface area contributed by atoms with Crippen LogP contribution in [-0.4, -0.2) is 24.9 Å². The standard InChI is InChI=1S/C19H22ClN3O2/c1-13-8-9-16(12-17(13)20)23-19(25)18(15-6-4-3-5-7-15)22-11-10-21-14(2)24/h3-9,12,18,22H,10-11H2,1-2H3,(H,21,24)(H,23,25)/t18-/m0/s1. The van der Waals surface area contributed by atoms with Crippen molar-refractivity contribution in [3.8, 4) is 0 Å². The Balaban J connectivity index is 2.09. The minimum Gasteiger partial charge on any atom is -0.355 e. The van der Waals surface area contributed by atoms with Gasteiger partial charge in [0.05, 0.1) is 0 Å². The molecular formula is C19H22ClN3O2. The molecule has 0 aliphatic heterocycles. The van der Waals surface area contributed by atoms with Crippen LogP contribution in [0.2, 0.25) is 5.02 Å². The zero-order valence-electron chi connectivity index (χ0n) is 14.3. The van der Waals surface area contributed by atoms with Crippen molar-refractivity contribution in [3.63, 3.8) is 0 Å². The number of carbonyl (C=O) groups excluding carboxylic acids is 2.